The van der Waals surface area contributed by atoms with Gasteiger partial charge < -0.3 is 10.1 Å². The molecule has 5 nitrogen and oxygen atoms in total. The van der Waals surface area contributed by atoms with Crippen LogP contribution in [0.1, 0.15) is 27.3 Å². The summed E-state index contributed by atoms with van der Waals surface area (Å²) in [4.78, 5) is 16.8. The van der Waals surface area contributed by atoms with E-state index in [9.17, 15) is 18.0 Å². The summed E-state index contributed by atoms with van der Waals surface area (Å²) in [6.07, 6.45) is -3.78. The number of pyridine rings is 1. The zero-order valence-corrected chi connectivity index (χ0v) is 15.1. The lowest BCUT2D eigenvalue weighted by Crippen LogP contribution is -2.25. The Labute approximate surface area is 157 Å². The molecule has 1 amide bonds. The number of fused-ring (bicyclic) bond motifs is 1. The number of carbonyl (C=O) groups excluding carboxylic acids is 1. The number of halogens is 4. The van der Waals surface area contributed by atoms with Gasteiger partial charge in [-0.05, 0) is 19.1 Å². The molecule has 0 unspecified atom stereocenters. The molecular weight excluding hydrogens is 383 g/mol. The minimum Gasteiger partial charge on any atom is -0.496 e. The highest BCUT2D eigenvalue weighted by atomic mass is 35.5. The number of aromatic nitrogens is 2. The molecule has 0 radical (unpaired) electrons. The predicted molar refractivity (Wildman–Crippen MR) is 94.1 cm³/mol. The highest BCUT2D eigenvalue weighted by molar-refractivity contribution is 6.33. The van der Waals surface area contributed by atoms with Crippen molar-refractivity contribution in [1.82, 2.24) is 14.7 Å². The largest absolute Gasteiger partial charge is 0.496 e. The summed E-state index contributed by atoms with van der Waals surface area (Å²) in [6, 6.07) is 7.90. The van der Waals surface area contributed by atoms with Crippen LogP contribution in [0.3, 0.4) is 0 Å². The molecule has 0 atom stereocenters. The van der Waals surface area contributed by atoms with E-state index >= 15 is 0 Å². The maximum Gasteiger partial charge on any atom is 0.417 e. The first kappa shape index (κ1) is 19.0. The third-order valence-electron chi connectivity index (χ3n) is 4.02. The van der Waals surface area contributed by atoms with Gasteiger partial charge in [-0.1, -0.05) is 29.8 Å². The smallest absolute Gasteiger partial charge is 0.417 e. The fourth-order valence-corrected chi connectivity index (χ4v) is 3.01. The second-order valence-corrected chi connectivity index (χ2v) is 6.22. The Morgan fingerprint density at radius 3 is 2.70 bits per heavy atom. The van der Waals surface area contributed by atoms with Gasteiger partial charge in [-0.2, -0.15) is 13.2 Å². The number of methoxy groups -OCH3 is 1. The van der Waals surface area contributed by atoms with Gasteiger partial charge in [-0.25, -0.2) is 4.98 Å². The third kappa shape index (κ3) is 3.71. The number of hydrogen-bond donors (Lipinski definition) is 1. The number of imidazole rings is 1. The Hall–Kier alpha value is -2.74. The summed E-state index contributed by atoms with van der Waals surface area (Å²) < 4.78 is 45.5. The summed E-state index contributed by atoms with van der Waals surface area (Å²) in [7, 11) is 1.51. The average molecular weight is 398 g/mol. The molecule has 0 bridgehead atoms. The molecule has 2 heterocycles. The molecule has 0 fully saturated rings. The maximum absolute atomic E-state index is 13.1. The Balaban J connectivity index is 1.97. The van der Waals surface area contributed by atoms with Crippen LogP contribution in [0.2, 0.25) is 5.02 Å². The Morgan fingerprint density at radius 2 is 2.04 bits per heavy atom. The van der Waals surface area contributed by atoms with Crippen LogP contribution in [-0.2, 0) is 12.7 Å². The van der Waals surface area contributed by atoms with Crippen LogP contribution < -0.4 is 10.1 Å². The van der Waals surface area contributed by atoms with Crippen molar-refractivity contribution < 1.29 is 22.7 Å². The number of rotatable bonds is 4. The molecule has 0 saturated heterocycles. The molecule has 0 spiro atoms. The number of benzene rings is 1. The van der Waals surface area contributed by atoms with E-state index in [1.807, 2.05) is 0 Å². The summed E-state index contributed by atoms with van der Waals surface area (Å²) in [5, 5.41) is 2.50. The normalized spacial score (nSPS) is 11.6. The van der Waals surface area contributed by atoms with Gasteiger partial charge in [-0.15, -0.1) is 0 Å². The SMILES string of the molecule is COc1ccccc1CNC(=O)c1c(C)nc2c(Cl)cc(C(F)(F)F)cn12. The number of nitrogens with one attached hydrogen (secondary N) is 1. The van der Waals surface area contributed by atoms with Gasteiger partial charge in [0.15, 0.2) is 5.65 Å². The Kier molecular flexibility index (Phi) is 5.01. The molecule has 3 aromatic rings. The first-order valence-corrected chi connectivity index (χ1v) is 8.25. The number of para-hydroxylation sites is 1. The molecule has 9 heteroatoms. The number of carbonyl (C=O) groups is 1. The van der Waals surface area contributed by atoms with Crippen LogP contribution in [0, 0.1) is 6.92 Å². The van der Waals surface area contributed by atoms with Gasteiger partial charge in [0.1, 0.15) is 11.4 Å². The van der Waals surface area contributed by atoms with Gasteiger partial charge in [0.05, 0.1) is 23.4 Å². The van der Waals surface area contributed by atoms with Crippen LogP contribution in [0.25, 0.3) is 5.65 Å². The van der Waals surface area contributed by atoms with E-state index in [-0.39, 0.29) is 28.6 Å². The molecule has 1 aromatic carbocycles. The van der Waals surface area contributed by atoms with Crippen LogP contribution in [-0.4, -0.2) is 22.4 Å². The molecule has 0 saturated carbocycles. The third-order valence-corrected chi connectivity index (χ3v) is 4.30. The van der Waals surface area contributed by atoms with Gasteiger partial charge >= 0.3 is 6.18 Å². The first-order valence-electron chi connectivity index (χ1n) is 7.88. The zero-order valence-electron chi connectivity index (χ0n) is 14.4. The molecule has 142 valence electrons. The molecule has 0 aliphatic heterocycles. The summed E-state index contributed by atoms with van der Waals surface area (Å²) in [5.41, 5.74) is 0.122. The number of aryl methyl sites for hydroxylation is 1. The minimum absolute atomic E-state index is 0.00658. The second-order valence-electron chi connectivity index (χ2n) is 5.81. The topological polar surface area (TPSA) is 55.6 Å². The molecular formula is C18H15ClF3N3O2. The lowest BCUT2D eigenvalue weighted by molar-refractivity contribution is -0.137. The number of alkyl halides is 3. The van der Waals surface area contributed by atoms with Crippen molar-refractivity contribution in [2.45, 2.75) is 19.6 Å². The fourth-order valence-electron chi connectivity index (χ4n) is 2.75. The van der Waals surface area contributed by atoms with E-state index in [0.717, 1.165) is 22.2 Å². The van der Waals surface area contributed by atoms with Crippen molar-refractivity contribution in [2.24, 2.45) is 0 Å². The standard InChI is InChI=1S/C18H15ClF3N3O2/c1-10-15(17(26)23-8-11-5-3-4-6-14(11)27-2)25-9-12(18(20,21)22)7-13(19)16(25)24-10/h3-7,9H,8H2,1-2H3,(H,23,26). The molecule has 0 aliphatic carbocycles. The zero-order chi connectivity index (χ0) is 19.8. The Bertz CT molecular complexity index is 1010. The highest BCUT2D eigenvalue weighted by Gasteiger charge is 2.32. The lowest BCUT2D eigenvalue weighted by Gasteiger charge is -2.11. The van der Waals surface area contributed by atoms with Crippen molar-refractivity contribution in [3.05, 3.63) is 64.1 Å². The quantitative estimate of drug-likeness (QED) is 0.716. The monoisotopic (exact) mass is 397 g/mol. The van der Waals surface area contributed by atoms with Gasteiger partial charge in [-0.3, -0.25) is 9.20 Å². The molecule has 1 N–H and O–H groups in total. The first-order chi connectivity index (χ1) is 12.7. The van der Waals surface area contributed by atoms with E-state index in [4.69, 9.17) is 16.3 Å². The van der Waals surface area contributed by atoms with Crippen molar-refractivity contribution >= 4 is 23.2 Å². The summed E-state index contributed by atoms with van der Waals surface area (Å²) in [6.45, 7) is 1.68. The van der Waals surface area contributed by atoms with Crippen molar-refractivity contribution in [1.29, 1.82) is 0 Å². The minimum atomic E-state index is -4.60. The van der Waals surface area contributed by atoms with Gasteiger partial charge in [0.25, 0.3) is 5.91 Å². The summed E-state index contributed by atoms with van der Waals surface area (Å²) in [5.74, 6) is 0.0244. The number of ether oxygens (including phenoxy) is 1. The van der Waals surface area contributed by atoms with Crippen molar-refractivity contribution in [2.75, 3.05) is 7.11 Å². The molecule has 3 rings (SSSR count). The number of hydrogen-bond acceptors (Lipinski definition) is 3. The van der Waals surface area contributed by atoms with Crippen molar-refractivity contribution in [3.63, 3.8) is 0 Å². The fraction of sp³-hybridized carbons (Fsp3) is 0.222. The van der Waals surface area contributed by atoms with Gasteiger partial charge in [0.2, 0.25) is 0 Å². The lowest BCUT2D eigenvalue weighted by atomic mass is 10.2. The average Bonchev–Trinajstić information content (AvgIpc) is 2.96. The molecule has 27 heavy (non-hydrogen) atoms. The van der Waals surface area contributed by atoms with Crippen LogP contribution in [0.15, 0.2) is 36.5 Å². The molecule has 2 aromatic heterocycles. The predicted octanol–water partition coefficient (Wildman–Crippen LogP) is 4.25. The second kappa shape index (κ2) is 7.11. The van der Waals surface area contributed by atoms with Crippen LogP contribution in [0.4, 0.5) is 13.2 Å². The summed E-state index contributed by atoms with van der Waals surface area (Å²) >= 11 is 5.94. The molecule has 0 aliphatic rings. The van der Waals surface area contributed by atoms with Crippen LogP contribution >= 0.6 is 11.6 Å². The highest BCUT2D eigenvalue weighted by Crippen LogP contribution is 2.33. The van der Waals surface area contributed by atoms with E-state index < -0.39 is 17.6 Å². The van der Waals surface area contributed by atoms with Crippen molar-refractivity contribution in [3.8, 4) is 5.75 Å². The number of amides is 1. The van der Waals surface area contributed by atoms with Gasteiger partial charge in [0, 0.05) is 18.3 Å². The van der Waals surface area contributed by atoms with E-state index in [1.54, 1.807) is 24.3 Å². The maximum atomic E-state index is 13.1. The van der Waals surface area contributed by atoms with Crippen LogP contribution in [0.5, 0.6) is 5.75 Å². The Morgan fingerprint density at radius 1 is 1.33 bits per heavy atom. The van der Waals surface area contributed by atoms with E-state index in [0.29, 0.717) is 5.75 Å². The van der Waals surface area contributed by atoms with E-state index in [2.05, 4.69) is 10.3 Å². The number of nitrogens with zero attached hydrogens (tertiary/aromatic N) is 2. The van der Waals surface area contributed by atoms with E-state index in [1.165, 1.54) is 14.0 Å².